The van der Waals surface area contributed by atoms with E-state index in [1.165, 1.54) is 0 Å². The number of carbonyl (C=O) groups is 3. The van der Waals surface area contributed by atoms with Crippen LogP contribution in [0, 0.1) is 0 Å². The molecule has 186 valence electrons. The summed E-state index contributed by atoms with van der Waals surface area (Å²) in [6.07, 6.45) is 1.83. The lowest BCUT2D eigenvalue weighted by molar-refractivity contribution is -0.146. The van der Waals surface area contributed by atoms with Crippen LogP contribution < -0.4 is 22.1 Å². The molecule has 7 N–H and O–H groups in total. The number of ether oxygens (including phenoxy) is 2. The zero-order valence-electron chi connectivity index (χ0n) is 19.6. The first-order valence-electron chi connectivity index (χ1n) is 11.2. The van der Waals surface area contributed by atoms with Gasteiger partial charge in [0.15, 0.2) is 0 Å². The molecule has 35 heavy (non-hydrogen) atoms. The van der Waals surface area contributed by atoms with Crippen molar-refractivity contribution in [2.75, 3.05) is 30.0 Å². The minimum absolute atomic E-state index is 0.0174. The maximum atomic E-state index is 12.7. The summed E-state index contributed by atoms with van der Waals surface area (Å²) in [7, 11) is 0. The minimum atomic E-state index is -0.965. The number of hydrogen-bond acceptors (Lipinski definition) is 10. The van der Waals surface area contributed by atoms with Gasteiger partial charge in [-0.2, -0.15) is 9.97 Å². The standard InChI is InChI=1S/C23H29N7O5/c1-3-34-17(31)10-9-16(22(33)35-4-2)28-21(32)13-5-7-15(8-6-13)26-11-14-12-27-20-18(14)19(24)29-23(25)30-20/h5-8,12,16,26H,3-4,9-11H2,1-2H3,(H,28,32)(H5,24,25,27,29,30). The summed E-state index contributed by atoms with van der Waals surface area (Å²) in [5, 5.41) is 6.57. The molecule has 1 unspecified atom stereocenters. The summed E-state index contributed by atoms with van der Waals surface area (Å²) >= 11 is 0. The van der Waals surface area contributed by atoms with E-state index in [4.69, 9.17) is 20.9 Å². The second-order valence-corrected chi connectivity index (χ2v) is 7.56. The third-order valence-electron chi connectivity index (χ3n) is 5.11. The highest BCUT2D eigenvalue weighted by Gasteiger charge is 2.24. The van der Waals surface area contributed by atoms with Gasteiger partial charge >= 0.3 is 11.9 Å². The molecular formula is C23H29N7O5. The van der Waals surface area contributed by atoms with Crippen molar-refractivity contribution in [1.82, 2.24) is 20.3 Å². The van der Waals surface area contributed by atoms with Crippen LogP contribution in [0.3, 0.4) is 0 Å². The number of anilines is 3. The molecule has 1 aromatic carbocycles. The normalized spacial score (nSPS) is 11.6. The van der Waals surface area contributed by atoms with Gasteiger partial charge in [-0.25, -0.2) is 4.79 Å². The third-order valence-corrected chi connectivity index (χ3v) is 5.11. The van der Waals surface area contributed by atoms with E-state index in [-0.39, 0.29) is 37.8 Å². The zero-order valence-corrected chi connectivity index (χ0v) is 19.6. The van der Waals surface area contributed by atoms with Gasteiger partial charge in [0.2, 0.25) is 5.95 Å². The van der Waals surface area contributed by atoms with Crippen LogP contribution in [-0.4, -0.2) is 52.1 Å². The maximum absolute atomic E-state index is 12.7. The predicted molar refractivity (Wildman–Crippen MR) is 130 cm³/mol. The highest BCUT2D eigenvalue weighted by atomic mass is 16.5. The highest BCUT2D eigenvalue weighted by Crippen LogP contribution is 2.23. The summed E-state index contributed by atoms with van der Waals surface area (Å²) in [6.45, 7) is 4.20. The topological polar surface area (TPSA) is 187 Å². The average molecular weight is 484 g/mol. The molecule has 0 spiro atoms. The average Bonchev–Trinajstić information content (AvgIpc) is 3.24. The quantitative estimate of drug-likeness (QED) is 0.251. The van der Waals surface area contributed by atoms with Crippen LogP contribution >= 0.6 is 0 Å². The van der Waals surface area contributed by atoms with Crippen molar-refractivity contribution in [3.63, 3.8) is 0 Å². The Balaban J connectivity index is 1.62. The van der Waals surface area contributed by atoms with Crippen molar-refractivity contribution in [1.29, 1.82) is 0 Å². The molecule has 3 aromatic rings. The molecule has 2 aromatic heterocycles. The fourth-order valence-electron chi connectivity index (χ4n) is 3.45. The SMILES string of the molecule is CCOC(=O)CCC(NC(=O)c1ccc(NCc2c[nH]c3nc(N)nc(N)c23)cc1)C(=O)OCC. The first-order valence-corrected chi connectivity index (χ1v) is 11.2. The van der Waals surface area contributed by atoms with Crippen molar-refractivity contribution in [3.8, 4) is 0 Å². The fourth-order valence-corrected chi connectivity index (χ4v) is 3.45. The van der Waals surface area contributed by atoms with E-state index in [2.05, 4.69) is 25.6 Å². The summed E-state index contributed by atoms with van der Waals surface area (Å²) in [5.74, 6) is -1.13. The molecule has 12 heteroatoms. The summed E-state index contributed by atoms with van der Waals surface area (Å²) in [5.41, 5.74) is 14.1. The number of nitrogens with zero attached hydrogens (tertiary/aromatic N) is 2. The summed E-state index contributed by atoms with van der Waals surface area (Å²) in [4.78, 5) is 47.7. The van der Waals surface area contributed by atoms with Crippen molar-refractivity contribution >= 4 is 46.3 Å². The Labute approximate surface area is 201 Å². The van der Waals surface area contributed by atoms with Gasteiger partial charge in [0.1, 0.15) is 17.5 Å². The first-order chi connectivity index (χ1) is 16.8. The van der Waals surface area contributed by atoms with Gasteiger partial charge in [0, 0.05) is 36.0 Å². The van der Waals surface area contributed by atoms with Crippen LogP contribution in [0.2, 0.25) is 0 Å². The van der Waals surface area contributed by atoms with Gasteiger partial charge in [-0.1, -0.05) is 0 Å². The second-order valence-electron chi connectivity index (χ2n) is 7.56. The zero-order chi connectivity index (χ0) is 25.4. The molecule has 3 rings (SSSR count). The van der Waals surface area contributed by atoms with Crippen molar-refractivity contribution < 1.29 is 23.9 Å². The van der Waals surface area contributed by atoms with Crippen molar-refractivity contribution in [2.45, 2.75) is 39.3 Å². The molecule has 12 nitrogen and oxygen atoms in total. The van der Waals surface area contributed by atoms with Crippen LogP contribution in [0.5, 0.6) is 0 Å². The summed E-state index contributed by atoms with van der Waals surface area (Å²) in [6, 6.07) is 5.75. The van der Waals surface area contributed by atoms with E-state index in [1.54, 1.807) is 44.3 Å². The molecule has 0 fully saturated rings. The van der Waals surface area contributed by atoms with Gasteiger partial charge in [-0.15, -0.1) is 0 Å². The van der Waals surface area contributed by atoms with E-state index in [0.717, 1.165) is 11.3 Å². The first kappa shape index (κ1) is 25.3. The number of hydrogen-bond donors (Lipinski definition) is 5. The Bertz CT molecular complexity index is 1190. The lowest BCUT2D eigenvalue weighted by Gasteiger charge is -2.17. The monoisotopic (exact) mass is 483 g/mol. The van der Waals surface area contributed by atoms with Gasteiger partial charge in [0.25, 0.3) is 5.91 Å². The Kier molecular flexibility index (Phi) is 8.43. The van der Waals surface area contributed by atoms with Crippen LogP contribution in [-0.2, 0) is 25.6 Å². The van der Waals surface area contributed by atoms with Crippen LogP contribution in [0.1, 0.15) is 42.6 Å². The highest BCUT2D eigenvalue weighted by molar-refractivity contribution is 5.97. The molecule has 0 aliphatic rings. The molecule has 0 saturated heterocycles. The number of benzene rings is 1. The number of carbonyl (C=O) groups excluding carboxylic acids is 3. The molecule has 2 heterocycles. The Hall–Kier alpha value is -4.35. The maximum Gasteiger partial charge on any atom is 0.328 e. The van der Waals surface area contributed by atoms with E-state index >= 15 is 0 Å². The van der Waals surface area contributed by atoms with Gasteiger partial charge in [-0.05, 0) is 44.5 Å². The van der Waals surface area contributed by atoms with Crippen molar-refractivity contribution in [3.05, 3.63) is 41.6 Å². The molecule has 0 aliphatic carbocycles. The fraction of sp³-hybridized carbons (Fsp3) is 0.348. The summed E-state index contributed by atoms with van der Waals surface area (Å²) < 4.78 is 9.91. The molecule has 0 saturated carbocycles. The molecule has 1 atom stereocenters. The molecule has 0 aliphatic heterocycles. The molecule has 0 radical (unpaired) electrons. The lowest BCUT2D eigenvalue weighted by atomic mass is 10.1. The van der Waals surface area contributed by atoms with E-state index in [0.29, 0.717) is 23.1 Å². The van der Waals surface area contributed by atoms with Gasteiger partial charge in [0.05, 0.1) is 18.6 Å². The van der Waals surface area contributed by atoms with E-state index < -0.39 is 23.9 Å². The number of nitrogens with one attached hydrogen (secondary N) is 3. The van der Waals surface area contributed by atoms with E-state index in [9.17, 15) is 14.4 Å². The minimum Gasteiger partial charge on any atom is -0.466 e. The number of aromatic nitrogens is 3. The largest absolute Gasteiger partial charge is 0.466 e. The number of nitrogen functional groups attached to an aromatic ring is 2. The number of esters is 2. The Morgan fingerprint density at radius 3 is 2.46 bits per heavy atom. The van der Waals surface area contributed by atoms with Crippen LogP contribution in [0.4, 0.5) is 17.5 Å². The van der Waals surface area contributed by atoms with Crippen molar-refractivity contribution in [2.24, 2.45) is 0 Å². The molecule has 0 bridgehead atoms. The van der Waals surface area contributed by atoms with Gasteiger partial charge < -0.3 is 36.6 Å². The third kappa shape index (κ3) is 6.59. The second kappa shape index (κ2) is 11.7. The van der Waals surface area contributed by atoms with Gasteiger partial charge in [-0.3, -0.25) is 9.59 Å². The van der Waals surface area contributed by atoms with Crippen LogP contribution in [0.15, 0.2) is 30.5 Å². The molecular weight excluding hydrogens is 454 g/mol. The molecule has 1 amide bonds. The van der Waals surface area contributed by atoms with Crippen LogP contribution in [0.25, 0.3) is 11.0 Å². The predicted octanol–water partition coefficient (Wildman–Crippen LogP) is 1.74. The van der Waals surface area contributed by atoms with E-state index in [1.807, 2.05) is 0 Å². The number of amides is 1. The Morgan fingerprint density at radius 1 is 1.06 bits per heavy atom. The Morgan fingerprint density at radius 2 is 1.77 bits per heavy atom. The smallest absolute Gasteiger partial charge is 0.328 e. The number of H-pyrrole nitrogens is 1. The lowest BCUT2D eigenvalue weighted by Crippen LogP contribution is -2.42. The number of fused-ring (bicyclic) bond motifs is 1. The number of rotatable bonds is 11. The number of aromatic amines is 1. The number of nitrogens with two attached hydrogens (primary N) is 2.